The quantitative estimate of drug-likeness (QED) is 0.848. The number of sulfonamides is 1. The fraction of sp³-hybridized carbons (Fsp3) is 0.625. The predicted molar refractivity (Wildman–Crippen MR) is 86.0 cm³/mol. The van der Waals surface area contributed by atoms with Crippen LogP contribution in [0, 0.1) is 6.92 Å². The Morgan fingerprint density at radius 1 is 1.29 bits per heavy atom. The normalized spacial score (nSPS) is 14.2. The second-order valence-electron chi connectivity index (χ2n) is 6.62. The van der Waals surface area contributed by atoms with Gasteiger partial charge >= 0.3 is 0 Å². The second kappa shape index (κ2) is 6.90. The molecule has 5 heteroatoms. The third-order valence-electron chi connectivity index (χ3n) is 3.50. The minimum atomic E-state index is -3.54. The molecule has 1 unspecified atom stereocenters. The van der Waals surface area contributed by atoms with E-state index in [4.69, 9.17) is 5.11 Å². The minimum Gasteiger partial charge on any atom is -0.396 e. The summed E-state index contributed by atoms with van der Waals surface area (Å²) < 4.78 is 27.8. The maximum Gasteiger partial charge on any atom is 0.241 e. The lowest BCUT2D eigenvalue weighted by atomic mass is 9.87. The molecule has 2 N–H and O–H groups in total. The first-order chi connectivity index (χ1) is 9.58. The summed E-state index contributed by atoms with van der Waals surface area (Å²) in [7, 11) is -3.54. The summed E-state index contributed by atoms with van der Waals surface area (Å²) in [5.74, 6) is 0. The number of aliphatic hydroxyl groups is 1. The predicted octanol–water partition coefficient (Wildman–Crippen LogP) is 2.73. The first kappa shape index (κ1) is 18.1. The SMILES string of the molecule is Cc1ccc(C(C)(C)C)cc1S(=O)(=O)NC(C)CCCO. The highest BCUT2D eigenvalue weighted by Gasteiger charge is 2.22. The second-order valence-corrected chi connectivity index (χ2v) is 8.30. The fourth-order valence-corrected chi connectivity index (χ4v) is 3.69. The van der Waals surface area contributed by atoms with Gasteiger partial charge in [0, 0.05) is 12.6 Å². The van der Waals surface area contributed by atoms with E-state index < -0.39 is 10.0 Å². The number of hydrogen-bond acceptors (Lipinski definition) is 3. The third-order valence-corrected chi connectivity index (χ3v) is 5.23. The first-order valence-corrected chi connectivity index (χ1v) is 8.80. The van der Waals surface area contributed by atoms with Gasteiger partial charge in [-0.1, -0.05) is 32.9 Å². The lowest BCUT2D eigenvalue weighted by Crippen LogP contribution is -2.33. The van der Waals surface area contributed by atoms with Gasteiger partial charge in [-0.05, 0) is 49.3 Å². The molecule has 0 spiro atoms. The number of aliphatic hydroxyl groups excluding tert-OH is 1. The summed E-state index contributed by atoms with van der Waals surface area (Å²) in [6.45, 7) is 9.88. The number of hydrogen-bond donors (Lipinski definition) is 2. The van der Waals surface area contributed by atoms with Crippen LogP contribution in [-0.4, -0.2) is 26.2 Å². The van der Waals surface area contributed by atoms with Crippen molar-refractivity contribution in [2.24, 2.45) is 0 Å². The van der Waals surface area contributed by atoms with Crippen molar-refractivity contribution in [2.45, 2.75) is 63.8 Å². The molecule has 1 atom stereocenters. The smallest absolute Gasteiger partial charge is 0.241 e. The van der Waals surface area contributed by atoms with Crippen LogP contribution in [0.25, 0.3) is 0 Å². The average molecular weight is 313 g/mol. The van der Waals surface area contributed by atoms with E-state index in [1.165, 1.54) is 0 Å². The largest absolute Gasteiger partial charge is 0.396 e. The summed E-state index contributed by atoms with van der Waals surface area (Å²) in [6.07, 6.45) is 1.21. The van der Waals surface area contributed by atoms with Gasteiger partial charge in [0.25, 0.3) is 0 Å². The van der Waals surface area contributed by atoms with E-state index in [9.17, 15) is 8.42 Å². The van der Waals surface area contributed by atoms with Crippen LogP contribution < -0.4 is 4.72 Å². The van der Waals surface area contributed by atoms with Gasteiger partial charge in [-0.25, -0.2) is 13.1 Å². The zero-order valence-electron chi connectivity index (χ0n) is 13.6. The molecule has 1 aromatic carbocycles. The molecule has 21 heavy (non-hydrogen) atoms. The highest BCUT2D eigenvalue weighted by Crippen LogP contribution is 2.26. The van der Waals surface area contributed by atoms with Crippen molar-refractivity contribution in [3.63, 3.8) is 0 Å². The Bertz CT molecular complexity index is 574. The molecule has 0 amide bonds. The molecule has 0 saturated carbocycles. The van der Waals surface area contributed by atoms with Crippen LogP contribution in [0.15, 0.2) is 23.1 Å². The van der Waals surface area contributed by atoms with E-state index in [0.29, 0.717) is 17.7 Å². The van der Waals surface area contributed by atoms with Crippen molar-refractivity contribution in [3.05, 3.63) is 29.3 Å². The Morgan fingerprint density at radius 3 is 2.43 bits per heavy atom. The molecule has 0 aromatic heterocycles. The highest BCUT2D eigenvalue weighted by atomic mass is 32.2. The first-order valence-electron chi connectivity index (χ1n) is 7.32. The number of aryl methyl sites for hydroxylation is 1. The van der Waals surface area contributed by atoms with Crippen LogP contribution in [0.1, 0.15) is 51.7 Å². The Morgan fingerprint density at radius 2 is 1.90 bits per heavy atom. The summed E-state index contributed by atoms with van der Waals surface area (Å²) in [5.41, 5.74) is 1.64. The number of nitrogens with one attached hydrogen (secondary N) is 1. The fourth-order valence-electron chi connectivity index (χ4n) is 2.14. The number of benzene rings is 1. The van der Waals surface area contributed by atoms with E-state index in [0.717, 1.165) is 11.1 Å². The zero-order chi connectivity index (χ0) is 16.3. The van der Waals surface area contributed by atoms with Gasteiger partial charge in [0.1, 0.15) is 0 Å². The van der Waals surface area contributed by atoms with Gasteiger partial charge in [0.15, 0.2) is 0 Å². The van der Waals surface area contributed by atoms with E-state index in [2.05, 4.69) is 25.5 Å². The summed E-state index contributed by atoms with van der Waals surface area (Å²) in [4.78, 5) is 0.339. The molecule has 0 saturated heterocycles. The average Bonchev–Trinajstić information content (AvgIpc) is 2.34. The molecule has 0 heterocycles. The van der Waals surface area contributed by atoms with Crippen molar-refractivity contribution >= 4 is 10.0 Å². The van der Waals surface area contributed by atoms with Crippen LogP contribution in [0.3, 0.4) is 0 Å². The van der Waals surface area contributed by atoms with Gasteiger partial charge < -0.3 is 5.11 Å². The summed E-state index contributed by atoms with van der Waals surface area (Å²) in [5, 5.41) is 8.82. The Labute approximate surface area is 128 Å². The third kappa shape index (κ3) is 5.09. The molecular weight excluding hydrogens is 286 g/mol. The van der Waals surface area contributed by atoms with Crippen molar-refractivity contribution in [1.29, 1.82) is 0 Å². The van der Waals surface area contributed by atoms with Crippen LogP contribution in [0.2, 0.25) is 0 Å². The molecule has 0 radical (unpaired) electrons. The van der Waals surface area contributed by atoms with E-state index >= 15 is 0 Å². The van der Waals surface area contributed by atoms with Crippen LogP contribution >= 0.6 is 0 Å². The summed E-state index contributed by atoms with van der Waals surface area (Å²) in [6, 6.07) is 5.40. The molecule has 0 bridgehead atoms. The topological polar surface area (TPSA) is 66.4 Å². The van der Waals surface area contributed by atoms with Gasteiger partial charge in [0.05, 0.1) is 4.90 Å². The zero-order valence-corrected chi connectivity index (χ0v) is 14.4. The van der Waals surface area contributed by atoms with Crippen LogP contribution in [0.5, 0.6) is 0 Å². The highest BCUT2D eigenvalue weighted by molar-refractivity contribution is 7.89. The van der Waals surface area contributed by atoms with E-state index in [1.54, 1.807) is 13.0 Å². The summed E-state index contributed by atoms with van der Waals surface area (Å²) >= 11 is 0. The molecular formula is C16H27NO3S. The number of rotatable bonds is 6. The van der Waals surface area contributed by atoms with Crippen LogP contribution in [-0.2, 0) is 15.4 Å². The van der Waals surface area contributed by atoms with Gasteiger partial charge in [-0.2, -0.15) is 0 Å². The molecule has 0 aliphatic carbocycles. The maximum atomic E-state index is 12.5. The minimum absolute atomic E-state index is 0.0740. The van der Waals surface area contributed by atoms with Crippen molar-refractivity contribution in [2.75, 3.05) is 6.61 Å². The van der Waals surface area contributed by atoms with Gasteiger partial charge in [-0.15, -0.1) is 0 Å². The van der Waals surface area contributed by atoms with E-state index in [-0.39, 0.29) is 18.1 Å². The standard InChI is InChI=1S/C16H27NO3S/c1-12-8-9-14(16(3,4)5)11-15(12)21(19,20)17-13(2)7-6-10-18/h8-9,11,13,17-18H,6-7,10H2,1-5H3. The van der Waals surface area contributed by atoms with Crippen LogP contribution in [0.4, 0.5) is 0 Å². The van der Waals surface area contributed by atoms with Crippen molar-refractivity contribution in [1.82, 2.24) is 4.72 Å². The maximum absolute atomic E-state index is 12.5. The Balaban J connectivity index is 3.08. The Hall–Kier alpha value is -0.910. The molecule has 0 aliphatic rings. The van der Waals surface area contributed by atoms with Gasteiger partial charge in [-0.3, -0.25) is 0 Å². The molecule has 1 aromatic rings. The van der Waals surface area contributed by atoms with Gasteiger partial charge in [0.2, 0.25) is 10.0 Å². The molecule has 0 fully saturated rings. The van der Waals surface area contributed by atoms with E-state index in [1.807, 2.05) is 19.1 Å². The molecule has 0 aliphatic heterocycles. The van der Waals surface area contributed by atoms with Crippen molar-refractivity contribution < 1.29 is 13.5 Å². The Kier molecular flexibility index (Phi) is 5.96. The lowest BCUT2D eigenvalue weighted by Gasteiger charge is -2.21. The monoisotopic (exact) mass is 313 g/mol. The van der Waals surface area contributed by atoms with Crippen molar-refractivity contribution in [3.8, 4) is 0 Å². The lowest BCUT2D eigenvalue weighted by molar-refractivity contribution is 0.279. The molecule has 120 valence electrons. The molecule has 4 nitrogen and oxygen atoms in total. The molecule has 1 rings (SSSR count).